The van der Waals surface area contributed by atoms with Crippen LogP contribution in [0.25, 0.3) is 0 Å². The highest BCUT2D eigenvalue weighted by Gasteiger charge is 1.82. The molecule has 0 atom stereocenters. The minimum atomic E-state index is -0.475. The second kappa shape index (κ2) is 13.0. The number of nitrogens with two attached hydrogens (primary N) is 3. The number of hydrogen-bond acceptors (Lipinski definition) is 11. The maximum Gasteiger partial charge on any atom is 0.346 e. The van der Waals surface area contributed by atoms with Crippen LogP contribution >= 0.6 is 0 Å². The highest BCUT2D eigenvalue weighted by atomic mass is 16.2. The molecule has 4 rings (SSSR count). The van der Waals surface area contributed by atoms with Crippen molar-refractivity contribution in [2.45, 2.75) is 0 Å². The Labute approximate surface area is 176 Å². The van der Waals surface area contributed by atoms with Crippen LogP contribution in [0.1, 0.15) is 0 Å². The van der Waals surface area contributed by atoms with Crippen LogP contribution in [0.15, 0.2) is 73.0 Å². The second-order valence-electron chi connectivity index (χ2n) is 5.29. The number of anilines is 3. The lowest BCUT2D eigenvalue weighted by atomic mass is 10.6. The topological polar surface area (TPSA) is 281 Å². The molecule has 4 aromatic heterocycles. The van der Waals surface area contributed by atoms with Gasteiger partial charge in [-0.2, -0.15) is 0 Å². The minimum absolute atomic E-state index is 0.338. The predicted molar refractivity (Wildman–Crippen MR) is 115 cm³/mol. The van der Waals surface area contributed by atoms with Gasteiger partial charge < -0.3 is 22.2 Å². The first-order valence-corrected chi connectivity index (χ1v) is 8.36. The van der Waals surface area contributed by atoms with Crippen LogP contribution in [0.5, 0.6) is 0 Å². The highest BCUT2D eigenvalue weighted by molar-refractivity contribution is 5.23. The molecule has 16 nitrogen and oxygen atoms in total. The Kier molecular flexibility index (Phi) is 10.1. The molecule has 0 unspecified atom stereocenters. The second-order valence-corrected chi connectivity index (χ2v) is 5.29. The standard InChI is InChI=1S/3C4H5N3O.C4H4N2O2/c3*5-3-1-2-6-4(8)7-3;7-3-1-2-5-4(8)6-3/h3*1-2H,(H3,5,6,7,8);1-2H,(H2,5,6,7,8). The van der Waals surface area contributed by atoms with Crippen molar-refractivity contribution in [1.29, 1.82) is 0 Å². The summed E-state index contributed by atoms with van der Waals surface area (Å²) in [7, 11) is 0. The molecule has 0 saturated carbocycles. The predicted octanol–water partition coefficient (Wildman–Crippen LogP) is -2.88. The van der Waals surface area contributed by atoms with Crippen LogP contribution in [0.4, 0.5) is 17.5 Å². The zero-order chi connectivity index (χ0) is 23.9. The van der Waals surface area contributed by atoms with Crippen LogP contribution in [0.2, 0.25) is 0 Å². The van der Waals surface area contributed by atoms with Crippen molar-refractivity contribution in [3.63, 3.8) is 0 Å². The zero-order valence-electron chi connectivity index (χ0n) is 16.2. The third-order valence-electron chi connectivity index (χ3n) is 2.78. The fourth-order valence-corrected chi connectivity index (χ4v) is 1.53. The lowest BCUT2D eigenvalue weighted by Gasteiger charge is -1.84. The molecular formula is C16H19N11O5. The maximum atomic E-state index is 10.2. The first kappa shape index (κ1) is 24.8. The molecule has 11 N–H and O–H groups in total. The summed E-state index contributed by atoms with van der Waals surface area (Å²) in [4.78, 5) is 72.3. The van der Waals surface area contributed by atoms with Crippen molar-refractivity contribution in [3.05, 3.63) is 101 Å². The molecule has 0 aromatic carbocycles. The van der Waals surface area contributed by atoms with Gasteiger partial charge in [-0.25, -0.2) is 34.1 Å². The summed E-state index contributed by atoms with van der Waals surface area (Å²) in [5.74, 6) is 1.01. The third-order valence-corrected chi connectivity index (χ3v) is 2.78. The molecule has 0 aliphatic heterocycles. The molecule has 168 valence electrons. The van der Waals surface area contributed by atoms with E-state index in [1.165, 1.54) is 49.1 Å². The Morgan fingerprint density at radius 1 is 0.562 bits per heavy atom. The average Bonchev–Trinajstić information content (AvgIpc) is 2.69. The van der Waals surface area contributed by atoms with Gasteiger partial charge in [0, 0.05) is 30.9 Å². The Morgan fingerprint density at radius 2 is 0.938 bits per heavy atom. The van der Waals surface area contributed by atoms with E-state index >= 15 is 0 Å². The van der Waals surface area contributed by atoms with Crippen LogP contribution in [0, 0.1) is 0 Å². The smallest absolute Gasteiger partial charge is 0.346 e. The number of hydrogen-bond donors (Lipinski definition) is 8. The number of nitrogens with zero attached hydrogens (tertiary/aromatic N) is 3. The third kappa shape index (κ3) is 11.5. The Hall–Kier alpha value is -5.28. The summed E-state index contributed by atoms with van der Waals surface area (Å²) < 4.78 is 0. The van der Waals surface area contributed by atoms with E-state index in [1.807, 2.05) is 4.98 Å². The van der Waals surface area contributed by atoms with E-state index in [9.17, 15) is 24.0 Å². The summed E-state index contributed by atoms with van der Waals surface area (Å²) in [6.07, 6.45) is 5.36. The summed E-state index contributed by atoms with van der Waals surface area (Å²) in [5, 5.41) is 0. The molecule has 4 aromatic rings. The molecule has 0 bridgehead atoms. The summed E-state index contributed by atoms with van der Waals surface area (Å²) >= 11 is 0. The molecule has 4 heterocycles. The van der Waals surface area contributed by atoms with Crippen molar-refractivity contribution in [2.75, 3.05) is 17.2 Å². The van der Waals surface area contributed by atoms with Gasteiger partial charge in [-0.1, -0.05) is 0 Å². The Balaban J connectivity index is 0.000000213. The number of aromatic amines is 5. The lowest BCUT2D eigenvalue weighted by Crippen LogP contribution is -2.19. The van der Waals surface area contributed by atoms with Gasteiger partial charge >= 0.3 is 22.8 Å². The first-order chi connectivity index (χ1) is 15.2. The minimum Gasteiger partial charge on any atom is -0.385 e. The SMILES string of the molecule is Nc1ccnc(=O)[nH]1.Nc1ccnc(=O)[nH]1.Nc1ccnc(=O)[nH]1.O=c1cc[nH]c(=O)[nH]1. The monoisotopic (exact) mass is 445 g/mol. The fourth-order valence-electron chi connectivity index (χ4n) is 1.53. The van der Waals surface area contributed by atoms with E-state index in [2.05, 4.69) is 34.9 Å². The van der Waals surface area contributed by atoms with Crippen LogP contribution < -0.4 is 45.5 Å². The van der Waals surface area contributed by atoms with E-state index < -0.39 is 22.8 Å². The number of nitrogens with one attached hydrogen (secondary N) is 5. The van der Waals surface area contributed by atoms with Gasteiger partial charge in [-0.05, 0) is 18.2 Å². The van der Waals surface area contributed by atoms with Crippen molar-refractivity contribution < 1.29 is 0 Å². The normalized spacial score (nSPS) is 9.00. The van der Waals surface area contributed by atoms with Gasteiger partial charge in [0.25, 0.3) is 5.56 Å². The fraction of sp³-hybridized carbons (Fsp3) is 0. The molecular weight excluding hydrogens is 426 g/mol. The summed E-state index contributed by atoms with van der Waals surface area (Å²) in [6.45, 7) is 0. The Morgan fingerprint density at radius 3 is 1.12 bits per heavy atom. The summed E-state index contributed by atoms with van der Waals surface area (Å²) in [5.41, 5.74) is 13.4. The molecule has 0 saturated heterocycles. The van der Waals surface area contributed by atoms with Crippen molar-refractivity contribution >= 4 is 17.5 Å². The molecule has 0 radical (unpaired) electrons. The van der Waals surface area contributed by atoms with Crippen LogP contribution in [-0.4, -0.2) is 39.9 Å². The van der Waals surface area contributed by atoms with E-state index in [0.29, 0.717) is 17.5 Å². The zero-order valence-corrected chi connectivity index (χ0v) is 16.2. The van der Waals surface area contributed by atoms with E-state index in [4.69, 9.17) is 17.2 Å². The number of nitrogen functional groups attached to an aromatic ring is 3. The largest absolute Gasteiger partial charge is 0.385 e. The number of rotatable bonds is 0. The first-order valence-electron chi connectivity index (χ1n) is 8.36. The van der Waals surface area contributed by atoms with E-state index in [-0.39, 0.29) is 5.56 Å². The number of aromatic nitrogens is 8. The molecule has 0 amide bonds. The van der Waals surface area contributed by atoms with Gasteiger partial charge in [-0.3, -0.25) is 24.7 Å². The maximum absolute atomic E-state index is 10.2. The lowest BCUT2D eigenvalue weighted by molar-refractivity contribution is 1.04. The molecule has 0 fully saturated rings. The van der Waals surface area contributed by atoms with Gasteiger partial charge in [0.1, 0.15) is 17.5 Å². The molecule has 0 aliphatic carbocycles. The van der Waals surface area contributed by atoms with Gasteiger partial charge in [0.15, 0.2) is 0 Å². The van der Waals surface area contributed by atoms with Crippen LogP contribution in [0.3, 0.4) is 0 Å². The molecule has 0 spiro atoms. The molecule has 0 aliphatic rings. The number of H-pyrrole nitrogens is 5. The van der Waals surface area contributed by atoms with Gasteiger partial charge in [0.2, 0.25) is 0 Å². The van der Waals surface area contributed by atoms with Crippen molar-refractivity contribution in [2.24, 2.45) is 0 Å². The highest BCUT2D eigenvalue weighted by Crippen LogP contribution is 1.83. The van der Waals surface area contributed by atoms with Crippen molar-refractivity contribution in [3.8, 4) is 0 Å². The molecule has 32 heavy (non-hydrogen) atoms. The summed E-state index contributed by atoms with van der Waals surface area (Å²) in [6, 6.07) is 5.78. The Bertz CT molecular complexity index is 1240. The molecule has 16 heteroatoms. The van der Waals surface area contributed by atoms with Crippen LogP contribution in [-0.2, 0) is 0 Å². The van der Waals surface area contributed by atoms with E-state index in [0.717, 1.165) is 0 Å². The quantitative estimate of drug-likeness (QED) is 0.136. The van der Waals surface area contributed by atoms with E-state index in [1.54, 1.807) is 0 Å². The van der Waals surface area contributed by atoms with Gasteiger partial charge in [0.05, 0.1) is 0 Å². The van der Waals surface area contributed by atoms with Gasteiger partial charge in [-0.15, -0.1) is 0 Å². The van der Waals surface area contributed by atoms with Crippen molar-refractivity contribution in [1.82, 2.24) is 39.9 Å². The average molecular weight is 445 g/mol.